The number of rotatable bonds is 10. The molecule has 9 nitrogen and oxygen atoms in total. The fourth-order valence-corrected chi connectivity index (χ4v) is 5.83. The summed E-state index contributed by atoms with van der Waals surface area (Å²) in [6.45, 7) is 11.0. The van der Waals surface area contributed by atoms with Gasteiger partial charge in [0.05, 0.1) is 18.5 Å². The molecule has 5 rings (SSSR count). The Kier molecular flexibility index (Phi) is 8.59. The number of aromatic nitrogens is 5. The van der Waals surface area contributed by atoms with Gasteiger partial charge in [0.25, 0.3) is 5.56 Å². The summed E-state index contributed by atoms with van der Waals surface area (Å²) < 4.78 is 45.4. The highest BCUT2D eigenvalue weighted by molar-refractivity contribution is 6.74. The monoisotopic (exact) mass is 621 g/mol. The molecule has 0 aliphatic carbocycles. The molecule has 0 spiro atoms. The lowest BCUT2D eigenvalue weighted by atomic mass is 10.1. The zero-order chi connectivity index (χ0) is 31.8. The maximum atomic E-state index is 14.1. The van der Waals surface area contributed by atoms with Crippen LogP contribution >= 0.6 is 0 Å². The van der Waals surface area contributed by atoms with E-state index in [-0.39, 0.29) is 28.1 Å². The minimum absolute atomic E-state index is 0.0277. The van der Waals surface area contributed by atoms with Gasteiger partial charge in [-0.05, 0) is 67.5 Å². The molecule has 44 heavy (non-hydrogen) atoms. The van der Waals surface area contributed by atoms with Gasteiger partial charge in [-0.25, -0.2) is 9.97 Å². The third-order valence-electron chi connectivity index (χ3n) is 8.21. The van der Waals surface area contributed by atoms with Crippen molar-refractivity contribution in [3.05, 3.63) is 70.8 Å². The second-order valence-corrected chi connectivity index (χ2v) is 16.9. The molecular formula is C32H37F2N5O4Si. The van der Waals surface area contributed by atoms with Crippen molar-refractivity contribution in [1.82, 2.24) is 24.1 Å². The molecule has 0 fully saturated rings. The van der Waals surface area contributed by atoms with E-state index in [1.54, 1.807) is 6.92 Å². The highest BCUT2D eigenvalue weighted by atomic mass is 28.4. The van der Waals surface area contributed by atoms with Gasteiger partial charge in [0.2, 0.25) is 0 Å². The van der Waals surface area contributed by atoms with E-state index in [1.807, 2.05) is 25.2 Å². The lowest BCUT2D eigenvalue weighted by Crippen LogP contribution is -2.41. The number of hydrogen-bond donors (Lipinski definition) is 0. The molecule has 0 unspecified atom stereocenters. The van der Waals surface area contributed by atoms with Crippen molar-refractivity contribution in [3.63, 3.8) is 0 Å². The van der Waals surface area contributed by atoms with Crippen LogP contribution in [-0.4, -0.2) is 52.2 Å². The number of halogens is 2. The third kappa shape index (κ3) is 6.22. The Morgan fingerprint density at radius 3 is 2.41 bits per heavy atom. The molecule has 3 heterocycles. The Labute approximate surface area is 255 Å². The van der Waals surface area contributed by atoms with Crippen molar-refractivity contribution in [1.29, 1.82) is 0 Å². The minimum Gasteiger partial charge on any atom is -0.464 e. The van der Waals surface area contributed by atoms with E-state index in [9.17, 15) is 13.6 Å². The average molecular weight is 622 g/mol. The van der Waals surface area contributed by atoms with E-state index in [2.05, 4.69) is 64.2 Å². The number of benzene rings is 2. The summed E-state index contributed by atoms with van der Waals surface area (Å²) in [5.41, 5.74) is 3.54. The molecule has 3 aromatic heterocycles. The number of alkyl halides is 2. The van der Waals surface area contributed by atoms with Crippen LogP contribution in [0.1, 0.15) is 33.4 Å². The summed E-state index contributed by atoms with van der Waals surface area (Å²) in [5.74, 6) is -0.0277. The van der Waals surface area contributed by atoms with Gasteiger partial charge in [-0.15, -0.1) is 0 Å². The van der Waals surface area contributed by atoms with Gasteiger partial charge in [0, 0.05) is 42.2 Å². The second-order valence-electron chi connectivity index (χ2n) is 12.1. The Morgan fingerprint density at radius 2 is 1.75 bits per heavy atom. The minimum atomic E-state index is -2.96. The van der Waals surface area contributed by atoms with E-state index in [4.69, 9.17) is 9.16 Å². The van der Waals surface area contributed by atoms with Crippen LogP contribution in [0.15, 0.2) is 59.5 Å². The molecule has 2 aromatic carbocycles. The largest absolute Gasteiger partial charge is 0.464 e. The zero-order valence-electron chi connectivity index (χ0n) is 26.0. The number of aryl methyl sites for hydroxylation is 1. The maximum Gasteiger partial charge on any atom is 0.387 e. The van der Waals surface area contributed by atoms with Crippen LogP contribution in [0.4, 0.5) is 8.78 Å². The Bertz CT molecular complexity index is 1860. The predicted molar refractivity (Wildman–Crippen MR) is 169 cm³/mol. The molecule has 0 atom stereocenters. The predicted octanol–water partition coefficient (Wildman–Crippen LogP) is 6.90. The lowest BCUT2D eigenvalue weighted by molar-refractivity contribution is -0.0498. The SMILES string of the molecule is CCOc1ncc2nc(-c3ccc4c(c3)cc(CCO[Si](C)(C)C(C)(C)C)n4C)c(=O)n(-c3ccc(OC(F)F)cc3)c2n1. The van der Waals surface area contributed by atoms with Gasteiger partial charge in [-0.2, -0.15) is 13.8 Å². The lowest BCUT2D eigenvalue weighted by Gasteiger charge is -2.36. The van der Waals surface area contributed by atoms with Crippen molar-refractivity contribution in [2.24, 2.45) is 7.05 Å². The quantitative estimate of drug-likeness (QED) is 0.157. The average Bonchev–Trinajstić information content (AvgIpc) is 3.27. The van der Waals surface area contributed by atoms with E-state index < -0.39 is 20.5 Å². The van der Waals surface area contributed by atoms with Crippen LogP contribution in [0.25, 0.3) is 39.0 Å². The molecule has 0 radical (unpaired) electrons. The Morgan fingerprint density at radius 1 is 1.02 bits per heavy atom. The molecule has 0 bridgehead atoms. The fraction of sp³-hybridized carbons (Fsp3) is 0.375. The maximum absolute atomic E-state index is 14.1. The molecule has 12 heteroatoms. The van der Waals surface area contributed by atoms with Gasteiger partial charge < -0.3 is 18.5 Å². The summed E-state index contributed by atoms with van der Waals surface area (Å²) in [5, 5.41) is 1.11. The van der Waals surface area contributed by atoms with Crippen LogP contribution in [0.3, 0.4) is 0 Å². The smallest absolute Gasteiger partial charge is 0.387 e. The number of ether oxygens (including phenoxy) is 2. The summed E-state index contributed by atoms with van der Waals surface area (Å²) in [6, 6.07) is 13.8. The molecule has 0 N–H and O–H groups in total. The van der Waals surface area contributed by atoms with E-state index in [0.717, 1.165) is 23.0 Å². The van der Waals surface area contributed by atoms with E-state index >= 15 is 0 Å². The van der Waals surface area contributed by atoms with Crippen molar-refractivity contribution < 1.29 is 22.7 Å². The summed E-state index contributed by atoms with van der Waals surface area (Å²) in [4.78, 5) is 27.4. The van der Waals surface area contributed by atoms with Gasteiger partial charge in [-0.3, -0.25) is 9.36 Å². The normalized spacial score (nSPS) is 12.4. The topological polar surface area (TPSA) is 93.3 Å². The van der Waals surface area contributed by atoms with Crippen molar-refractivity contribution in [2.75, 3.05) is 13.2 Å². The van der Waals surface area contributed by atoms with Gasteiger partial charge in [-0.1, -0.05) is 26.8 Å². The van der Waals surface area contributed by atoms with Crippen molar-refractivity contribution in [3.8, 4) is 28.7 Å². The molecule has 0 aliphatic rings. The molecule has 0 aliphatic heterocycles. The summed E-state index contributed by atoms with van der Waals surface area (Å²) >= 11 is 0. The standard InChI is InChI=1S/C32H37F2N5O4Si/c1-8-41-31-35-19-25-28(37-31)39(22-10-12-24(13-11-22)43-30(33)34)29(40)27(36-25)20-9-14-26-21(17-20)18-23(38(26)5)15-16-42-44(6,7)32(2,3)4/h9-14,17-19,30H,8,15-16H2,1-7H3. The number of fused-ring (bicyclic) bond motifs is 2. The van der Waals surface area contributed by atoms with E-state index in [0.29, 0.717) is 30.0 Å². The second kappa shape index (κ2) is 12.1. The molecule has 0 saturated heterocycles. The summed E-state index contributed by atoms with van der Waals surface area (Å²) in [6.07, 6.45) is 2.27. The molecular weight excluding hydrogens is 584 g/mol. The van der Waals surface area contributed by atoms with Crippen LogP contribution in [0.2, 0.25) is 18.1 Å². The first-order valence-electron chi connectivity index (χ1n) is 14.5. The molecule has 0 saturated carbocycles. The Hall–Kier alpha value is -4.16. The molecule has 5 aromatic rings. The van der Waals surface area contributed by atoms with Gasteiger partial charge in [0.1, 0.15) is 17.0 Å². The van der Waals surface area contributed by atoms with Gasteiger partial charge >= 0.3 is 12.6 Å². The zero-order valence-corrected chi connectivity index (χ0v) is 27.0. The van der Waals surface area contributed by atoms with Crippen LogP contribution in [-0.2, 0) is 17.9 Å². The first-order valence-corrected chi connectivity index (χ1v) is 17.4. The van der Waals surface area contributed by atoms with Crippen LogP contribution < -0.4 is 15.0 Å². The highest BCUT2D eigenvalue weighted by Gasteiger charge is 2.37. The van der Waals surface area contributed by atoms with Crippen LogP contribution in [0, 0.1) is 0 Å². The Balaban J connectivity index is 1.56. The van der Waals surface area contributed by atoms with Crippen LogP contribution in [0.5, 0.6) is 11.8 Å². The number of hydrogen-bond acceptors (Lipinski definition) is 7. The number of nitrogens with zero attached hydrogens (tertiary/aromatic N) is 5. The molecule has 232 valence electrons. The highest BCUT2D eigenvalue weighted by Crippen LogP contribution is 2.36. The third-order valence-corrected chi connectivity index (χ3v) is 12.8. The van der Waals surface area contributed by atoms with Crippen molar-refractivity contribution in [2.45, 2.75) is 58.9 Å². The first kappa shape index (κ1) is 31.3. The van der Waals surface area contributed by atoms with E-state index in [1.165, 1.54) is 35.0 Å². The molecule has 0 amide bonds. The first-order chi connectivity index (χ1) is 20.8. The fourth-order valence-electron chi connectivity index (χ4n) is 4.79. The van der Waals surface area contributed by atoms with Crippen molar-refractivity contribution >= 4 is 30.4 Å². The summed E-state index contributed by atoms with van der Waals surface area (Å²) in [7, 11) is 0.165. The van der Waals surface area contributed by atoms with Gasteiger partial charge in [0.15, 0.2) is 14.0 Å².